The van der Waals surface area contributed by atoms with Crippen molar-refractivity contribution in [3.05, 3.63) is 53.6 Å². The fourth-order valence-corrected chi connectivity index (χ4v) is 3.75. The van der Waals surface area contributed by atoms with Crippen LogP contribution in [0.2, 0.25) is 0 Å². The maximum Gasteiger partial charge on any atom is 0.279 e. The van der Waals surface area contributed by atoms with Gasteiger partial charge < -0.3 is 24.6 Å². The monoisotopic (exact) mass is 426 g/mol. The lowest BCUT2D eigenvalue weighted by Gasteiger charge is -2.29. The molecule has 1 aliphatic rings. The number of hydrogen-bond donors (Lipinski definition) is 2. The summed E-state index contributed by atoms with van der Waals surface area (Å²) in [5.41, 5.74) is 3.16. The Kier molecular flexibility index (Phi) is 7.89. The molecule has 31 heavy (non-hydrogen) atoms. The third kappa shape index (κ3) is 6.21. The zero-order valence-electron chi connectivity index (χ0n) is 18.6. The van der Waals surface area contributed by atoms with E-state index >= 15 is 0 Å². The van der Waals surface area contributed by atoms with Gasteiger partial charge in [-0.25, -0.2) is 0 Å². The van der Waals surface area contributed by atoms with Gasteiger partial charge in [-0.1, -0.05) is 24.3 Å². The highest BCUT2D eigenvalue weighted by Gasteiger charge is 2.23. The average Bonchev–Trinajstić information content (AvgIpc) is 2.75. The summed E-state index contributed by atoms with van der Waals surface area (Å²) in [5.74, 6) is 1.17. The van der Waals surface area contributed by atoms with Crippen LogP contribution in [-0.4, -0.2) is 56.6 Å². The van der Waals surface area contributed by atoms with Gasteiger partial charge in [0, 0.05) is 24.8 Å². The summed E-state index contributed by atoms with van der Waals surface area (Å²) in [6.45, 7) is 6.70. The summed E-state index contributed by atoms with van der Waals surface area (Å²) < 4.78 is 11.2. The van der Waals surface area contributed by atoms with E-state index in [2.05, 4.69) is 17.4 Å². The number of nitrogens with zero attached hydrogens (tertiary/aromatic N) is 1. The van der Waals surface area contributed by atoms with Gasteiger partial charge in [0.2, 0.25) is 0 Å². The smallest absolute Gasteiger partial charge is 0.279 e. The van der Waals surface area contributed by atoms with Gasteiger partial charge in [-0.3, -0.25) is 9.59 Å². The van der Waals surface area contributed by atoms with Gasteiger partial charge in [0.05, 0.1) is 20.3 Å². The second-order valence-electron chi connectivity index (χ2n) is 7.72. The summed E-state index contributed by atoms with van der Waals surface area (Å²) in [4.78, 5) is 27.9. The number of amides is 2. The van der Waals surface area contributed by atoms with Crippen LogP contribution >= 0.6 is 0 Å². The number of nitrogens with one attached hydrogen (secondary N) is 2. The van der Waals surface area contributed by atoms with Crippen LogP contribution in [0.4, 0.5) is 5.69 Å². The summed E-state index contributed by atoms with van der Waals surface area (Å²) in [6, 6.07) is 13.6. The first-order valence-corrected chi connectivity index (χ1v) is 10.9. The van der Waals surface area contributed by atoms with Crippen molar-refractivity contribution in [2.45, 2.75) is 26.8 Å². The van der Waals surface area contributed by atoms with Crippen molar-refractivity contribution in [3.8, 4) is 11.5 Å². The van der Waals surface area contributed by atoms with E-state index in [0.717, 1.165) is 17.9 Å². The molecule has 0 aliphatic carbocycles. The van der Waals surface area contributed by atoms with Gasteiger partial charge in [0.1, 0.15) is 0 Å². The van der Waals surface area contributed by atoms with E-state index in [1.165, 1.54) is 11.1 Å². The third-order valence-electron chi connectivity index (χ3n) is 5.23. The number of hydrogen-bond acceptors (Lipinski definition) is 4. The molecule has 2 aromatic carbocycles. The first-order chi connectivity index (χ1) is 15.0. The molecule has 0 aromatic heterocycles. The van der Waals surface area contributed by atoms with Crippen LogP contribution in [0.25, 0.3) is 0 Å². The standard InChI is InChI=1S/C24H31N3O4/c1-4-30-21-11-10-20(14-22(21)31-5-2)25-23(28)16-26(3)17-24(29)27-13-12-18-8-6-7-9-19(18)15-27/h6-11,14H,4-5,12-13,15-17H2,1-3H3,(H,25,28)/p+1. The van der Waals surface area contributed by atoms with Crippen LogP contribution in [-0.2, 0) is 22.6 Å². The first kappa shape index (κ1) is 22.6. The van der Waals surface area contributed by atoms with Gasteiger partial charge in [-0.15, -0.1) is 0 Å². The fraction of sp³-hybridized carbons (Fsp3) is 0.417. The zero-order chi connectivity index (χ0) is 22.2. The Morgan fingerprint density at radius 2 is 1.71 bits per heavy atom. The molecular weight excluding hydrogens is 394 g/mol. The number of anilines is 1. The quantitative estimate of drug-likeness (QED) is 0.638. The molecule has 1 atom stereocenters. The molecular formula is C24H32N3O4+. The highest BCUT2D eigenvalue weighted by Crippen LogP contribution is 2.30. The van der Waals surface area contributed by atoms with Crippen molar-refractivity contribution in [2.75, 3.05) is 45.2 Å². The van der Waals surface area contributed by atoms with Crippen LogP contribution < -0.4 is 19.7 Å². The molecule has 0 saturated heterocycles. The van der Waals surface area contributed by atoms with E-state index in [0.29, 0.717) is 36.9 Å². The summed E-state index contributed by atoms with van der Waals surface area (Å²) in [7, 11) is 1.86. The molecule has 7 nitrogen and oxygen atoms in total. The van der Waals surface area contributed by atoms with E-state index in [4.69, 9.17) is 9.47 Å². The Labute approximate surface area is 183 Å². The molecule has 1 aliphatic heterocycles. The predicted molar refractivity (Wildman–Crippen MR) is 120 cm³/mol. The largest absolute Gasteiger partial charge is 0.490 e. The molecule has 0 radical (unpaired) electrons. The van der Waals surface area contributed by atoms with Crippen LogP contribution in [0.15, 0.2) is 42.5 Å². The van der Waals surface area contributed by atoms with Gasteiger partial charge >= 0.3 is 0 Å². The SMILES string of the molecule is CCOc1ccc(NC(=O)C[NH+](C)CC(=O)N2CCc3ccccc3C2)cc1OCC. The van der Waals surface area contributed by atoms with Crippen molar-refractivity contribution >= 4 is 17.5 Å². The topological polar surface area (TPSA) is 72.3 Å². The second-order valence-corrected chi connectivity index (χ2v) is 7.72. The highest BCUT2D eigenvalue weighted by molar-refractivity contribution is 5.92. The molecule has 1 heterocycles. The molecule has 166 valence electrons. The summed E-state index contributed by atoms with van der Waals surface area (Å²) >= 11 is 0. The highest BCUT2D eigenvalue weighted by atomic mass is 16.5. The number of carbonyl (C=O) groups excluding carboxylic acids is 2. The lowest BCUT2D eigenvalue weighted by atomic mass is 10.00. The van der Waals surface area contributed by atoms with Crippen LogP contribution in [0.1, 0.15) is 25.0 Å². The molecule has 0 fully saturated rings. The predicted octanol–water partition coefficient (Wildman–Crippen LogP) is 1.52. The Bertz CT molecular complexity index is 915. The third-order valence-corrected chi connectivity index (χ3v) is 5.23. The second kappa shape index (κ2) is 10.8. The number of rotatable bonds is 9. The summed E-state index contributed by atoms with van der Waals surface area (Å²) in [5, 5.41) is 2.89. The Morgan fingerprint density at radius 1 is 1.00 bits per heavy atom. The van der Waals surface area contributed by atoms with Crippen LogP contribution in [0, 0.1) is 0 Å². The molecule has 0 bridgehead atoms. The summed E-state index contributed by atoms with van der Waals surface area (Å²) in [6.07, 6.45) is 0.876. The first-order valence-electron chi connectivity index (χ1n) is 10.9. The molecule has 2 N–H and O–H groups in total. The molecule has 3 rings (SSSR count). The van der Waals surface area contributed by atoms with Crippen molar-refractivity contribution in [3.63, 3.8) is 0 Å². The Balaban J connectivity index is 1.51. The number of carbonyl (C=O) groups is 2. The van der Waals surface area contributed by atoms with Crippen LogP contribution in [0.3, 0.4) is 0 Å². The van der Waals surface area contributed by atoms with E-state index in [9.17, 15) is 9.59 Å². The van der Waals surface area contributed by atoms with Crippen molar-refractivity contribution < 1.29 is 24.0 Å². The minimum Gasteiger partial charge on any atom is -0.490 e. The van der Waals surface area contributed by atoms with Crippen molar-refractivity contribution in [2.24, 2.45) is 0 Å². The van der Waals surface area contributed by atoms with Gasteiger partial charge in [-0.05, 0) is 43.5 Å². The normalized spacial score (nSPS) is 13.8. The lowest BCUT2D eigenvalue weighted by molar-refractivity contribution is -0.862. The van der Waals surface area contributed by atoms with Crippen LogP contribution in [0.5, 0.6) is 11.5 Å². The lowest BCUT2D eigenvalue weighted by Crippen LogP contribution is -3.11. The Hall–Kier alpha value is -3.06. The molecule has 0 saturated carbocycles. The number of fused-ring (bicyclic) bond motifs is 1. The Morgan fingerprint density at radius 3 is 2.45 bits per heavy atom. The molecule has 7 heteroatoms. The average molecular weight is 427 g/mol. The van der Waals surface area contributed by atoms with Crippen molar-refractivity contribution in [1.29, 1.82) is 0 Å². The zero-order valence-corrected chi connectivity index (χ0v) is 18.6. The number of likely N-dealkylation sites (N-methyl/N-ethyl adjacent to an activating group) is 1. The number of ether oxygens (including phenoxy) is 2. The fourth-order valence-electron chi connectivity index (χ4n) is 3.75. The van der Waals surface area contributed by atoms with E-state index < -0.39 is 0 Å². The van der Waals surface area contributed by atoms with Crippen molar-refractivity contribution in [1.82, 2.24) is 4.90 Å². The number of benzene rings is 2. The maximum atomic E-state index is 12.7. The van der Waals surface area contributed by atoms with E-state index in [1.54, 1.807) is 18.2 Å². The molecule has 0 spiro atoms. The maximum absolute atomic E-state index is 12.7. The van der Waals surface area contributed by atoms with E-state index in [1.807, 2.05) is 37.9 Å². The van der Waals surface area contributed by atoms with E-state index in [-0.39, 0.29) is 24.9 Å². The minimum atomic E-state index is -0.152. The number of quaternary nitrogens is 1. The molecule has 2 amide bonds. The minimum absolute atomic E-state index is 0.0690. The van der Waals surface area contributed by atoms with Gasteiger partial charge in [0.25, 0.3) is 11.8 Å². The van der Waals surface area contributed by atoms with Gasteiger partial charge in [-0.2, -0.15) is 0 Å². The van der Waals surface area contributed by atoms with Gasteiger partial charge in [0.15, 0.2) is 24.6 Å². The molecule has 1 unspecified atom stereocenters. The molecule has 2 aromatic rings.